The van der Waals surface area contributed by atoms with Crippen LogP contribution < -0.4 is 5.32 Å². The summed E-state index contributed by atoms with van der Waals surface area (Å²) in [5.74, 6) is -0.951. The van der Waals surface area contributed by atoms with Gasteiger partial charge < -0.3 is 29.1 Å². The van der Waals surface area contributed by atoms with Crippen molar-refractivity contribution in [2.24, 2.45) is 0 Å². The van der Waals surface area contributed by atoms with E-state index in [4.69, 9.17) is 9.15 Å². The van der Waals surface area contributed by atoms with E-state index in [1.54, 1.807) is 6.26 Å². The highest BCUT2D eigenvalue weighted by Gasteiger charge is 2.36. The van der Waals surface area contributed by atoms with Crippen LogP contribution in [0.3, 0.4) is 0 Å². The Bertz CT molecular complexity index is 817. The number of nitrogens with one attached hydrogen (secondary N) is 1. The molecule has 1 saturated heterocycles. The van der Waals surface area contributed by atoms with Crippen LogP contribution in [-0.4, -0.2) is 62.5 Å². The molecule has 1 aliphatic rings. The quantitative estimate of drug-likeness (QED) is 0.437. The van der Waals surface area contributed by atoms with E-state index in [2.05, 4.69) is 5.32 Å². The summed E-state index contributed by atoms with van der Waals surface area (Å²) >= 11 is -1.11. The molecule has 2 heterocycles. The largest absolute Gasteiger partial charge is 0.598 e. The molecule has 3 rings (SSSR count). The van der Waals surface area contributed by atoms with Gasteiger partial charge in [-0.25, -0.2) is 4.79 Å². The number of benzene rings is 1. The Morgan fingerprint density at radius 3 is 2.93 bits per heavy atom. The fraction of sp³-hybridized carbons (Fsp3) is 0.526. The van der Waals surface area contributed by atoms with Gasteiger partial charge in [0.05, 0.1) is 18.2 Å². The lowest BCUT2D eigenvalue weighted by Gasteiger charge is -2.28. The van der Waals surface area contributed by atoms with Crippen LogP contribution in [0.5, 0.6) is 0 Å². The number of carbonyl (C=O) groups excluding carboxylic acids is 1. The second-order valence-corrected chi connectivity index (χ2v) is 9.45. The highest BCUT2D eigenvalue weighted by Crippen LogP contribution is 2.24. The van der Waals surface area contributed by atoms with Gasteiger partial charge in [-0.05, 0) is 44.7 Å². The van der Waals surface area contributed by atoms with Gasteiger partial charge in [0.25, 0.3) is 0 Å². The monoisotopic (exact) mass is 422 g/mol. The molecule has 0 spiro atoms. The minimum absolute atomic E-state index is 0.00289. The molecule has 1 fully saturated rings. The molecule has 2 aromatic rings. The molecule has 2 unspecified atom stereocenters. The molecule has 3 N–H and O–H groups in total. The number of nitrogens with zero attached hydrogens (tertiary/aromatic N) is 1. The number of alkyl carbamates (subject to hydrolysis) is 1. The van der Waals surface area contributed by atoms with E-state index in [9.17, 15) is 19.4 Å². The number of amides is 1. The lowest BCUT2D eigenvalue weighted by Crippen LogP contribution is -2.49. The Hall–Kier alpha value is -1.72. The van der Waals surface area contributed by atoms with Gasteiger partial charge in [-0.3, -0.25) is 0 Å². The number of fused-ring (bicyclic) bond motifs is 1. The Labute approximate surface area is 173 Å². The number of hydrogen-bond acceptors (Lipinski definition) is 7. The fourth-order valence-electron chi connectivity index (χ4n) is 3.51. The summed E-state index contributed by atoms with van der Waals surface area (Å²) in [5.41, 5.74) is 1.45. The van der Waals surface area contributed by atoms with Crippen molar-refractivity contribution in [3.8, 4) is 0 Å². The maximum Gasteiger partial charge on any atom is 0.475 e. The molecule has 0 bridgehead atoms. The molecule has 10 heteroatoms. The van der Waals surface area contributed by atoms with Crippen molar-refractivity contribution in [3.05, 3.63) is 36.1 Å². The zero-order valence-corrected chi connectivity index (χ0v) is 17.4. The minimum atomic E-state index is -1.76. The molecular formula is C19H27BN2O6S. The van der Waals surface area contributed by atoms with E-state index in [1.807, 2.05) is 42.4 Å². The van der Waals surface area contributed by atoms with Crippen molar-refractivity contribution >= 4 is 35.5 Å². The number of furan rings is 1. The molecule has 158 valence electrons. The molecule has 0 radical (unpaired) electrons. The smallest absolute Gasteiger partial charge is 0.475 e. The summed E-state index contributed by atoms with van der Waals surface area (Å²) in [4.78, 5) is 12.2. The summed E-state index contributed by atoms with van der Waals surface area (Å²) < 4.78 is 25.0. The molecule has 0 aliphatic carbocycles. The van der Waals surface area contributed by atoms with Crippen LogP contribution in [0.25, 0.3) is 11.0 Å². The second kappa shape index (κ2) is 9.86. The number of ether oxygens (including phenoxy) is 1. The Balaban J connectivity index is 1.56. The second-order valence-electron chi connectivity index (χ2n) is 7.49. The number of hydrogen-bond donors (Lipinski definition) is 3. The van der Waals surface area contributed by atoms with Crippen LogP contribution in [0.2, 0.25) is 0 Å². The molecule has 1 aromatic carbocycles. The molecule has 8 nitrogen and oxygen atoms in total. The van der Waals surface area contributed by atoms with Crippen molar-refractivity contribution in [2.45, 2.75) is 50.3 Å². The van der Waals surface area contributed by atoms with E-state index in [1.165, 1.54) is 0 Å². The highest BCUT2D eigenvalue weighted by molar-refractivity contribution is 7.89. The highest BCUT2D eigenvalue weighted by atomic mass is 32.2. The molecule has 1 aliphatic heterocycles. The van der Waals surface area contributed by atoms with Crippen molar-refractivity contribution in [3.63, 3.8) is 0 Å². The third-order valence-corrected chi connectivity index (χ3v) is 6.78. The topological polar surface area (TPSA) is 118 Å². The predicted molar refractivity (Wildman–Crippen MR) is 111 cm³/mol. The first-order valence-corrected chi connectivity index (χ1v) is 11.0. The van der Waals surface area contributed by atoms with Crippen LogP contribution in [0.1, 0.15) is 32.3 Å². The zero-order valence-electron chi connectivity index (χ0n) is 16.6. The van der Waals surface area contributed by atoms with Crippen LogP contribution in [0.15, 0.2) is 34.9 Å². The first kappa shape index (κ1) is 22.0. The predicted octanol–water partition coefficient (Wildman–Crippen LogP) is 1.62. The zero-order chi connectivity index (χ0) is 21.0. The lowest BCUT2D eigenvalue weighted by molar-refractivity contribution is 0.123. The maximum atomic E-state index is 12.4. The molecule has 3 atom stereocenters. The van der Waals surface area contributed by atoms with E-state index >= 15 is 0 Å². The van der Waals surface area contributed by atoms with Crippen LogP contribution in [-0.2, 0) is 22.5 Å². The number of rotatable bonds is 8. The molecule has 29 heavy (non-hydrogen) atoms. The first-order chi connectivity index (χ1) is 13.9. The standard InChI is InChI=1S/C19H27BN2O6S/c1-13(2)29(26)22-9-5-6-15(22)12-28-19(23)21-18(20(24)25)10-14-11-27-17-8-4-3-7-16(14)17/h3-4,7-8,11,13,15,18,24-25H,5-6,9-10,12H2,1-2H3,(H,21,23)/t15?,18-,29?/m0/s1. The van der Waals surface area contributed by atoms with E-state index in [0.717, 1.165) is 23.8 Å². The third kappa shape index (κ3) is 5.46. The summed E-state index contributed by atoms with van der Waals surface area (Å²) in [6.07, 6.45) is 2.69. The van der Waals surface area contributed by atoms with Crippen molar-refractivity contribution in [2.75, 3.05) is 13.2 Å². The fourth-order valence-corrected chi connectivity index (χ4v) is 4.82. The van der Waals surface area contributed by atoms with Gasteiger partial charge in [0.2, 0.25) is 0 Å². The number of carbonyl (C=O) groups is 1. The van der Waals surface area contributed by atoms with E-state index in [-0.39, 0.29) is 24.3 Å². The van der Waals surface area contributed by atoms with Gasteiger partial charge >= 0.3 is 13.2 Å². The minimum Gasteiger partial charge on any atom is -0.598 e. The van der Waals surface area contributed by atoms with Crippen molar-refractivity contribution in [1.82, 2.24) is 9.62 Å². The molecular weight excluding hydrogens is 395 g/mol. The van der Waals surface area contributed by atoms with E-state index in [0.29, 0.717) is 12.1 Å². The van der Waals surface area contributed by atoms with Gasteiger partial charge in [0.15, 0.2) is 0 Å². The molecule has 1 amide bonds. The number of para-hydroxylation sites is 1. The van der Waals surface area contributed by atoms with Gasteiger partial charge in [-0.2, -0.15) is 0 Å². The maximum absolute atomic E-state index is 12.4. The Morgan fingerprint density at radius 1 is 1.45 bits per heavy atom. The Morgan fingerprint density at radius 2 is 2.21 bits per heavy atom. The SMILES string of the molecule is CC(C)[S+]([O-])N1CCCC1COC(=O)N[C@@H](Cc1coc2ccccc12)B(O)O. The molecule has 1 aromatic heterocycles. The molecule has 0 saturated carbocycles. The van der Waals surface area contributed by atoms with Crippen molar-refractivity contribution < 1.29 is 28.5 Å². The van der Waals surface area contributed by atoms with Crippen LogP contribution in [0, 0.1) is 0 Å². The average Bonchev–Trinajstić information content (AvgIpc) is 3.32. The van der Waals surface area contributed by atoms with Gasteiger partial charge in [0, 0.05) is 23.3 Å². The third-order valence-electron chi connectivity index (χ3n) is 5.03. The summed E-state index contributed by atoms with van der Waals surface area (Å²) in [6, 6.07) is 7.31. The summed E-state index contributed by atoms with van der Waals surface area (Å²) in [6.45, 7) is 4.61. The van der Waals surface area contributed by atoms with Crippen LogP contribution in [0.4, 0.5) is 4.79 Å². The van der Waals surface area contributed by atoms with Gasteiger partial charge in [-0.1, -0.05) is 18.2 Å². The lowest BCUT2D eigenvalue weighted by atomic mass is 9.76. The van der Waals surface area contributed by atoms with Crippen LogP contribution >= 0.6 is 0 Å². The van der Waals surface area contributed by atoms with Crippen molar-refractivity contribution in [1.29, 1.82) is 0 Å². The summed E-state index contributed by atoms with van der Waals surface area (Å²) in [7, 11) is -1.76. The first-order valence-electron chi connectivity index (χ1n) is 9.78. The Kier molecular flexibility index (Phi) is 7.47. The van der Waals surface area contributed by atoms with Gasteiger partial charge in [0.1, 0.15) is 17.4 Å². The van der Waals surface area contributed by atoms with Gasteiger partial charge in [-0.15, -0.1) is 4.31 Å². The summed E-state index contributed by atoms with van der Waals surface area (Å²) in [5, 5.41) is 22.8. The van der Waals surface area contributed by atoms with E-state index < -0.39 is 30.5 Å². The average molecular weight is 422 g/mol. The normalized spacial score (nSPS) is 19.4.